The molecule has 1 unspecified atom stereocenters. The van der Waals surface area contributed by atoms with Gasteiger partial charge in [-0.3, -0.25) is 10.1 Å². The van der Waals surface area contributed by atoms with Crippen LogP contribution in [0.25, 0.3) is 0 Å². The van der Waals surface area contributed by atoms with Gasteiger partial charge in [-0.15, -0.1) is 0 Å². The Morgan fingerprint density at radius 1 is 1.55 bits per heavy atom. The summed E-state index contributed by atoms with van der Waals surface area (Å²) in [6.45, 7) is 1.60. The number of rotatable bonds is 5. The third-order valence-electron chi connectivity index (χ3n) is 2.48. The van der Waals surface area contributed by atoms with Crippen molar-refractivity contribution in [2.75, 3.05) is 5.73 Å². The molecule has 0 aliphatic rings. The molecule has 0 aliphatic heterocycles. The highest BCUT2D eigenvalue weighted by atomic mass is 32.2. The predicted octanol–water partition coefficient (Wildman–Crippen LogP) is 1.87. The molecule has 2 rings (SSSR count). The molecule has 0 aromatic carbocycles. The number of hydrogen-bond donors (Lipinski definition) is 2. The summed E-state index contributed by atoms with van der Waals surface area (Å²) >= 11 is 0.644. The molecule has 0 bridgehead atoms. The first-order chi connectivity index (χ1) is 9.31. The number of anilines is 1. The molecule has 20 heavy (non-hydrogen) atoms. The number of furan rings is 1. The Hall–Kier alpha value is -1.91. The summed E-state index contributed by atoms with van der Waals surface area (Å²) < 4.78 is 31.5. The van der Waals surface area contributed by atoms with Crippen molar-refractivity contribution >= 4 is 32.0 Å². The molecule has 0 spiro atoms. The molecular formula is C10H11N3O5S2. The molecule has 3 N–H and O–H groups in total. The maximum absolute atomic E-state index is 12.1. The van der Waals surface area contributed by atoms with E-state index >= 15 is 0 Å². The number of nitrogens with two attached hydrogens (primary N) is 1. The van der Waals surface area contributed by atoms with E-state index in [1.807, 2.05) is 0 Å². The molecule has 0 fully saturated rings. The van der Waals surface area contributed by atoms with Crippen LogP contribution in [-0.4, -0.2) is 13.3 Å². The molecule has 1 atom stereocenters. The van der Waals surface area contributed by atoms with Gasteiger partial charge in [0, 0.05) is 6.07 Å². The van der Waals surface area contributed by atoms with Crippen LogP contribution in [0, 0.1) is 10.1 Å². The Kier molecular flexibility index (Phi) is 3.79. The van der Waals surface area contributed by atoms with E-state index in [1.54, 1.807) is 19.1 Å². The molecule has 0 saturated carbocycles. The fourth-order valence-corrected chi connectivity index (χ4v) is 3.98. The quantitative estimate of drug-likeness (QED) is 0.640. The largest absolute Gasteiger partial charge is 0.468 e. The van der Waals surface area contributed by atoms with Gasteiger partial charge in [-0.2, -0.15) is 0 Å². The van der Waals surface area contributed by atoms with Crippen molar-refractivity contribution in [1.29, 1.82) is 0 Å². The zero-order chi connectivity index (χ0) is 14.9. The lowest BCUT2D eigenvalue weighted by atomic mass is 10.3. The van der Waals surface area contributed by atoms with Gasteiger partial charge in [0.05, 0.1) is 17.2 Å². The van der Waals surface area contributed by atoms with E-state index in [1.165, 1.54) is 6.26 Å². The van der Waals surface area contributed by atoms with Crippen molar-refractivity contribution in [3.63, 3.8) is 0 Å². The first-order valence-corrected chi connectivity index (χ1v) is 7.70. The molecule has 108 valence electrons. The van der Waals surface area contributed by atoms with Gasteiger partial charge in [-0.1, -0.05) is 11.3 Å². The van der Waals surface area contributed by atoms with Gasteiger partial charge in [0.2, 0.25) is 0 Å². The van der Waals surface area contributed by atoms with E-state index in [-0.39, 0.29) is 9.21 Å². The zero-order valence-corrected chi connectivity index (χ0v) is 11.9. The summed E-state index contributed by atoms with van der Waals surface area (Å²) in [5.41, 5.74) is 5.01. The minimum Gasteiger partial charge on any atom is -0.468 e. The second kappa shape index (κ2) is 5.23. The number of nitrogens with one attached hydrogen (secondary N) is 1. The van der Waals surface area contributed by atoms with Crippen molar-refractivity contribution in [3.05, 3.63) is 40.3 Å². The summed E-state index contributed by atoms with van der Waals surface area (Å²) in [5.74, 6) is 0.438. The van der Waals surface area contributed by atoms with Crippen LogP contribution in [0.5, 0.6) is 0 Å². The van der Waals surface area contributed by atoms with E-state index in [9.17, 15) is 18.5 Å². The predicted molar refractivity (Wildman–Crippen MR) is 72.8 cm³/mol. The fraction of sp³-hybridized carbons (Fsp3) is 0.200. The van der Waals surface area contributed by atoms with Crippen molar-refractivity contribution in [1.82, 2.24) is 4.72 Å². The van der Waals surface area contributed by atoms with E-state index in [0.717, 1.165) is 6.07 Å². The van der Waals surface area contributed by atoms with Gasteiger partial charge in [0.15, 0.2) is 5.00 Å². The summed E-state index contributed by atoms with van der Waals surface area (Å²) in [4.78, 5) is 9.95. The summed E-state index contributed by atoms with van der Waals surface area (Å²) in [6, 6.07) is 3.60. The van der Waals surface area contributed by atoms with Crippen molar-refractivity contribution in [2.45, 2.75) is 17.2 Å². The van der Waals surface area contributed by atoms with E-state index < -0.39 is 26.7 Å². The highest BCUT2D eigenvalue weighted by Gasteiger charge is 2.26. The van der Waals surface area contributed by atoms with Crippen molar-refractivity contribution in [3.8, 4) is 0 Å². The third kappa shape index (κ3) is 2.81. The van der Waals surface area contributed by atoms with Crippen LogP contribution in [-0.2, 0) is 10.0 Å². The number of hydrogen-bond acceptors (Lipinski definition) is 7. The Bertz CT molecular complexity index is 720. The average molecular weight is 317 g/mol. The van der Waals surface area contributed by atoms with Gasteiger partial charge >= 0.3 is 5.69 Å². The summed E-state index contributed by atoms with van der Waals surface area (Å²) in [5, 5.41) is 10.5. The molecule has 0 saturated heterocycles. The molecule has 0 aliphatic carbocycles. The number of sulfonamides is 1. The SMILES string of the molecule is CC(NS(=O)(=O)c1cc([N+](=O)[O-])c(N)s1)c1ccco1. The highest BCUT2D eigenvalue weighted by Crippen LogP contribution is 2.34. The second-order valence-electron chi connectivity index (χ2n) is 3.93. The highest BCUT2D eigenvalue weighted by molar-refractivity contribution is 7.91. The smallest absolute Gasteiger partial charge is 0.304 e. The van der Waals surface area contributed by atoms with Gasteiger partial charge in [0.25, 0.3) is 10.0 Å². The van der Waals surface area contributed by atoms with Gasteiger partial charge in [0.1, 0.15) is 9.97 Å². The van der Waals surface area contributed by atoms with Crippen LogP contribution < -0.4 is 10.5 Å². The topological polar surface area (TPSA) is 128 Å². The third-order valence-corrected chi connectivity index (χ3v) is 5.45. The van der Waals surface area contributed by atoms with Crippen molar-refractivity contribution < 1.29 is 17.8 Å². The minimum absolute atomic E-state index is 0.152. The Labute approximate surface area is 118 Å². The molecule has 8 nitrogen and oxygen atoms in total. The average Bonchev–Trinajstić information content (AvgIpc) is 2.96. The Morgan fingerprint density at radius 2 is 2.25 bits per heavy atom. The van der Waals surface area contributed by atoms with Gasteiger partial charge in [-0.05, 0) is 19.1 Å². The Balaban J connectivity index is 2.27. The normalized spacial score (nSPS) is 13.2. The molecule has 2 aromatic heterocycles. The van der Waals surface area contributed by atoms with Crippen molar-refractivity contribution in [2.24, 2.45) is 0 Å². The molecule has 0 amide bonds. The molecule has 2 heterocycles. The lowest BCUT2D eigenvalue weighted by Gasteiger charge is -2.10. The van der Waals surface area contributed by atoms with Gasteiger partial charge < -0.3 is 10.2 Å². The van der Waals surface area contributed by atoms with Crippen LogP contribution in [0.15, 0.2) is 33.1 Å². The lowest BCUT2D eigenvalue weighted by Crippen LogP contribution is -2.25. The maximum atomic E-state index is 12.1. The van der Waals surface area contributed by atoms with Crippen LogP contribution in [0.1, 0.15) is 18.7 Å². The van der Waals surface area contributed by atoms with Gasteiger partial charge in [-0.25, -0.2) is 13.1 Å². The summed E-state index contributed by atoms with van der Waals surface area (Å²) in [7, 11) is -3.90. The fourth-order valence-electron chi connectivity index (χ4n) is 1.53. The van der Waals surface area contributed by atoms with E-state index in [0.29, 0.717) is 17.1 Å². The zero-order valence-electron chi connectivity index (χ0n) is 10.3. The first kappa shape index (κ1) is 14.5. The molecular weight excluding hydrogens is 306 g/mol. The molecule has 10 heteroatoms. The summed E-state index contributed by atoms with van der Waals surface area (Å²) in [6.07, 6.45) is 1.42. The number of nitrogens with zero attached hydrogens (tertiary/aromatic N) is 1. The van der Waals surface area contributed by atoms with Crippen LogP contribution >= 0.6 is 11.3 Å². The minimum atomic E-state index is -3.90. The monoisotopic (exact) mass is 317 g/mol. The molecule has 2 aromatic rings. The van der Waals surface area contributed by atoms with Crippen LogP contribution in [0.4, 0.5) is 10.7 Å². The lowest BCUT2D eigenvalue weighted by molar-refractivity contribution is -0.383. The maximum Gasteiger partial charge on any atom is 0.304 e. The van der Waals surface area contributed by atoms with Crippen LogP contribution in [0.2, 0.25) is 0 Å². The molecule has 0 radical (unpaired) electrons. The van der Waals surface area contributed by atoms with E-state index in [4.69, 9.17) is 10.2 Å². The number of nitrogen functional groups attached to an aromatic ring is 1. The standard InChI is InChI=1S/C10H11N3O5S2/c1-6(8-3-2-4-18-8)12-20(16,17)9-5-7(13(14)15)10(11)19-9/h2-6,12H,11H2,1H3. The Morgan fingerprint density at radius 3 is 2.75 bits per heavy atom. The first-order valence-electron chi connectivity index (χ1n) is 5.40. The second-order valence-corrected chi connectivity index (χ2v) is 6.96. The van der Waals surface area contributed by atoms with E-state index in [2.05, 4.69) is 4.72 Å². The van der Waals surface area contributed by atoms with Crippen LogP contribution in [0.3, 0.4) is 0 Å². The number of nitro groups is 1. The number of thiophene rings is 1.